The Kier molecular flexibility index (Phi) is 5.31. The van der Waals surface area contributed by atoms with Crippen molar-refractivity contribution in [3.8, 4) is 0 Å². The van der Waals surface area contributed by atoms with Gasteiger partial charge in [-0.3, -0.25) is 4.79 Å². The van der Waals surface area contributed by atoms with Gasteiger partial charge in [0, 0.05) is 11.9 Å². The lowest BCUT2D eigenvalue weighted by Gasteiger charge is -2.07. The minimum absolute atomic E-state index is 0.262. The molecule has 0 saturated carbocycles. The summed E-state index contributed by atoms with van der Waals surface area (Å²) >= 11 is 6.17. The number of fused-ring (bicyclic) bond motifs is 1. The first-order valence-corrected chi connectivity index (χ1v) is 7.01. The van der Waals surface area contributed by atoms with Crippen molar-refractivity contribution < 1.29 is 9.53 Å². The van der Waals surface area contributed by atoms with Crippen LogP contribution in [0.3, 0.4) is 0 Å². The van der Waals surface area contributed by atoms with Gasteiger partial charge < -0.3 is 10.1 Å². The number of nitrogens with zero attached hydrogens (tertiary/aromatic N) is 1. The van der Waals surface area contributed by atoms with Gasteiger partial charge in [-0.25, -0.2) is 4.98 Å². The van der Waals surface area contributed by atoms with Crippen LogP contribution in [0.1, 0.15) is 17.4 Å². The average molecular weight is 305 g/mol. The summed E-state index contributed by atoms with van der Waals surface area (Å²) in [5.74, 6) is -0.262. The highest BCUT2D eigenvalue weighted by atomic mass is 35.5. The summed E-state index contributed by atoms with van der Waals surface area (Å²) in [7, 11) is 0. The molecule has 1 amide bonds. The number of hydrogen-bond acceptors (Lipinski definition) is 3. The van der Waals surface area contributed by atoms with Crippen LogP contribution in [-0.4, -0.2) is 30.6 Å². The first kappa shape index (κ1) is 15.5. The topological polar surface area (TPSA) is 51.2 Å². The molecule has 1 aromatic carbocycles. The lowest BCUT2D eigenvalue weighted by molar-refractivity contribution is 0.0922. The van der Waals surface area contributed by atoms with Crippen LogP contribution in [0.2, 0.25) is 5.02 Å². The van der Waals surface area contributed by atoms with E-state index < -0.39 is 0 Å². The standard InChI is InChI=1S/C16H17ClN2O2/c1-11(2)10-21-8-7-18-16(20)15-9-13(17)12-5-3-4-6-14(12)19-15/h3-6,9H,1,7-8,10H2,2H3,(H,18,20). The lowest BCUT2D eigenvalue weighted by atomic mass is 10.2. The van der Waals surface area contributed by atoms with E-state index in [9.17, 15) is 4.79 Å². The first-order chi connectivity index (χ1) is 10.1. The second-order valence-electron chi connectivity index (χ2n) is 4.77. The molecule has 0 atom stereocenters. The maximum absolute atomic E-state index is 12.0. The van der Waals surface area contributed by atoms with Gasteiger partial charge in [-0.15, -0.1) is 0 Å². The largest absolute Gasteiger partial charge is 0.375 e. The summed E-state index contributed by atoms with van der Waals surface area (Å²) < 4.78 is 5.31. The summed E-state index contributed by atoms with van der Waals surface area (Å²) in [5.41, 5.74) is 1.96. The Morgan fingerprint density at radius 1 is 1.43 bits per heavy atom. The molecule has 2 aromatic rings. The number of aromatic nitrogens is 1. The molecule has 21 heavy (non-hydrogen) atoms. The molecule has 0 aliphatic heterocycles. The molecule has 0 fully saturated rings. The number of carbonyl (C=O) groups excluding carboxylic acids is 1. The Hall–Kier alpha value is -1.91. The molecule has 1 heterocycles. The second kappa shape index (κ2) is 7.20. The number of rotatable bonds is 6. The number of halogens is 1. The zero-order valence-corrected chi connectivity index (χ0v) is 12.6. The fourth-order valence-electron chi connectivity index (χ4n) is 1.82. The van der Waals surface area contributed by atoms with E-state index in [0.717, 1.165) is 11.0 Å². The van der Waals surface area contributed by atoms with Gasteiger partial charge in [0.15, 0.2) is 0 Å². The molecular weight excluding hydrogens is 288 g/mol. The third kappa shape index (κ3) is 4.28. The number of hydrogen-bond donors (Lipinski definition) is 1. The number of benzene rings is 1. The Morgan fingerprint density at radius 3 is 2.95 bits per heavy atom. The van der Waals surface area contributed by atoms with Gasteiger partial charge in [0.2, 0.25) is 0 Å². The van der Waals surface area contributed by atoms with Crippen LogP contribution in [0.25, 0.3) is 10.9 Å². The van der Waals surface area contributed by atoms with Gasteiger partial charge in [0.25, 0.3) is 5.91 Å². The van der Waals surface area contributed by atoms with Gasteiger partial charge in [0.1, 0.15) is 5.69 Å². The molecule has 0 aliphatic carbocycles. The van der Waals surface area contributed by atoms with E-state index in [2.05, 4.69) is 16.9 Å². The van der Waals surface area contributed by atoms with Gasteiger partial charge in [-0.2, -0.15) is 0 Å². The van der Waals surface area contributed by atoms with Crippen molar-refractivity contribution in [2.45, 2.75) is 6.92 Å². The van der Waals surface area contributed by atoms with Crippen molar-refractivity contribution >= 4 is 28.4 Å². The quantitative estimate of drug-likeness (QED) is 0.658. The van der Waals surface area contributed by atoms with Crippen LogP contribution >= 0.6 is 11.6 Å². The number of carbonyl (C=O) groups is 1. The Balaban J connectivity index is 1.98. The van der Waals surface area contributed by atoms with E-state index in [1.54, 1.807) is 6.07 Å². The number of amides is 1. The Bertz CT molecular complexity index is 670. The molecule has 0 unspecified atom stereocenters. The molecular formula is C16H17ClN2O2. The van der Waals surface area contributed by atoms with E-state index in [1.807, 2.05) is 31.2 Å². The third-order valence-electron chi connectivity index (χ3n) is 2.78. The third-order valence-corrected chi connectivity index (χ3v) is 3.09. The normalized spacial score (nSPS) is 10.6. The first-order valence-electron chi connectivity index (χ1n) is 6.63. The molecule has 0 bridgehead atoms. The highest BCUT2D eigenvalue weighted by Gasteiger charge is 2.10. The molecule has 1 aromatic heterocycles. The molecule has 1 N–H and O–H groups in total. The second-order valence-corrected chi connectivity index (χ2v) is 5.18. The van der Waals surface area contributed by atoms with E-state index in [4.69, 9.17) is 16.3 Å². The van der Waals surface area contributed by atoms with Crippen molar-refractivity contribution in [1.29, 1.82) is 0 Å². The highest BCUT2D eigenvalue weighted by Crippen LogP contribution is 2.22. The SMILES string of the molecule is C=C(C)COCCNC(=O)c1cc(Cl)c2ccccc2n1. The highest BCUT2D eigenvalue weighted by molar-refractivity contribution is 6.35. The zero-order chi connectivity index (χ0) is 15.2. The molecule has 0 radical (unpaired) electrons. The van der Waals surface area contributed by atoms with Crippen LogP contribution < -0.4 is 5.32 Å². The average Bonchev–Trinajstić information content (AvgIpc) is 2.46. The van der Waals surface area contributed by atoms with Crippen LogP contribution in [0.15, 0.2) is 42.5 Å². The molecule has 0 saturated heterocycles. The summed E-state index contributed by atoms with van der Waals surface area (Å²) in [6.07, 6.45) is 0. The number of nitrogens with one attached hydrogen (secondary N) is 1. The van der Waals surface area contributed by atoms with E-state index in [1.165, 1.54) is 0 Å². The molecule has 110 valence electrons. The minimum Gasteiger partial charge on any atom is -0.375 e. The van der Waals surface area contributed by atoms with Crippen LogP contribution in [-0.2, 0) is 4.74 Å². The van der Waals surface area contributed by atoms with Gasteiger partial charge in [0.05, 0.1) is 23.8 Å². The fourth-order valence-corrected chi connectivity index (χ4v) is 2.09. The number of pyridine rings is 1. The van der Waals surface area contributed by atoms with Crippen molar-refractivity contribution in [2.24, 2.45) is 0 Å². The van der Waals surface area contributed by atoms with E-state index >= 15 is 0 Å². The van der Waals surface area contributed by atoms with Gasteiger partial charge >= 0.3 is 0 Å². The molecule has 0 aliphatic rings. The predicted molar refractivity (Wildman–Crippen MR) is 84.7 cm³/mol. The van der Waals surface area contributed by atoms with E-state index in [-0.39, 0.29) is 5.91 Å². The molecule has 2 rings (SSSR count). The number of ether oxygens (including phenoxy) is 1. The van der Waals surface area contributed by atoms with Crippen molar-refractivity contribution in [3.05, 3.63) is 53.2 Å². The summed E-state index contributed by atoms with van der Waals surface area (Å²) in [5, 5.41) is 4.10. The summed E-state index contributed by atoms with van der Waals surface area (Å²) in [4.78, 5) is 16.3. The Labute approximate surface area is 128 Å². The van der Waals surface area contributed by atoms with Crippen LogP contribution in [0, 0.1) is 0 Å². The summed E-state index contributed by atoms with van der Waals surface area (Å²) in [6.45, 7) is 6.97. The van der Waals surface area contributed by atoms with Gasteiger partial charge in [-0.1, -0.05) is 42.0 Å². The van der Waals surface area contributed by atoms with Crippen LogP contribution in [0.5, 0.6) is 0 Å². The molecule has 4 nitrogen and oxygen atoms in total. The maximum atomic E-state index is 12.0. The van der Waals surface area contributed by atoms with Crippen LogP contribution in [0.4, 0.5) is 0 Å². The summed E-state index contributed by atoms with van der Waals surface area (Å²) in [6, 6.07) is 9.02. The Morgan fingerprint density at radius 2 is 2.19 bits per heavy atom. The van der Waals surface area contributed by atoms with Crippen molar-refractivity contribution in [2.75, 3.05) is 19.8 Å². The maximum Gasteiger partial charge on any atom is 0.270 e. The molecule has 5 heteroatoms. The molecule has 0 spiro atoms. The number of para-hydroxylation sites is 1. The predicted octanol–water partition coefficient (Wildman–Crippen LogP) is 3.21. The monoisotopic (exact) mass is 304 g/mol. The minimum atomic E-state index is -0.262. The fraction of sp³-hybridized carbons (Fsp3) is 0.250. The van der Waals surface area contributed by atoms with Crippen molar-refractivity contribution in [1.82, 2.24) is 10.3 Å². The lowest BCUT2D eigenvalue weighted by Crippen LogP contribution is -2.28. The zero-order valence-electron chi connectivity index (χ0n) is 11.9. The van der Waals surface area contributed by atoms with E-state index in [0.29, 0.717) is 36.0 Å². The van der Waals surface area contributed by atoms with Crippen molar-refractivity contribution in [3.63, 3.8) is 0 Å². The van der Waals surface area contributed by atoms with Gasteiger partial charge in [-0.05, 0) is 19.1 Å². The smallest absolute Gasteiger partial charge is 0.270 e.